The van der Waals surface area contributed by atoms with E-state index in [0.29, 0.717) is 35.5 Å². The van der Waals surface area contributed by atoms with Gasteiger partial charge in [-0.25, -0.2) is 0 Å². The highest BCUT2D eigenvalue weighted by molar-refractivity contribution is 5.98. The summed E-state index contributed by atoms with van der Waals surface area (Å²) < 4.78 is 0. The Balaban J connectivity index is 1.19. The van der Waals surface area contributed by atoms with Crippen LogP contribution in [0.1, 0.15) is 63.7 Å². The first-order valence-electron chi connectivity index (χ1n) is 11.6. The number of anilines is 1. The summed E-state index contributed by atoms with van der Waals surface area (Å²) in [6.07, 6.45) is 2.97. The molecule has 160 valence electrons. The lowest BCUT2D eigenvalue weighted by Gasteiger charge is -2.45. The third-order valence-corrected chi connectivity index (χ3v) is 7.29. The van der Waals surface area contributed by atoms with E-state index in [0.717, 1.165) is 19.3 Å². The number of nitrogens with one attached hydrogen (secondary N) is 2. The second-order valence-corrected chi connectivity index (χ2v) is 9.34. The fourth-order valence-electron chi connectivity index (χ4n) is 5.61. The number of benzene rings is 3. The molecule has 3 aromatic rings. The van der Waals surface area contributed by atoms with Crippen LogP contribution in [0.5, 0.6) is 0 Å². The molecule has 0 spiro atoms. The molecule has 1 atom stereocenters. The minimum Gasteiger partial charge on any atom is -0.352 e. The van der Waals surface area contributed by atoms with Gasteiger partial charge in [0.25, 0.3) is 5.91 Å². The van der Waals surface area contributed by atoms with Gasteiger partial charge >= 0.3 is 0 Å². The lowest BCUT2D eigenvalue weighted by Crippen LogP contribution is -2.39. The van der Waals surface area contributed by atoms with Crippen LogP contribution in [0.25, 0.3) is 0 Å². The van der Waals surface area contributed by atoms with E-state index in [-0.39, 0.29) is 17.7 Å². The van der Waals surface area contributed by atoms with E-state index >= 15 is 0 Å². The van der Waals surface area contributed by atoms with E-state index in [1.807, 2.05) is 12.1 Å². The summed E-state index contributed by atoms with van der Waals surface area (Å²) in [6, 6.07) is 24.8. The summed E-state index contributed by atoms with van der Waals surface area (Å²) >= 11 is 0. The van der Waals surface area contributed by atoms with Gasteiger partial charge in [0.1, 0.15) is 0 Å². The minimum atomic E-state index is -0.0875. The van der Waals surface area contributed by atoms with Gasteiger partial charge in [-0.1, -0.05) is 54.6 Å². The number of rotatable bonds is 5. The molecule has 0 heterocycles. The van der Waals surface area contributed by atoms with Gasteiger partial charge in [-0.15, -0.1) is 0 Å². The second-order valence-electron chi connectivity index (χ2n) is 9.34. The van der Waals surface area contributed by atoms with Gasteiger partial charge < -0.3 is 10.6 Å². The summed E-state index contributed by atoms with van der Waals surface area (Å²) in [5.41, 5.74) is 6.98. The van der Waals surface area contributed by atoms with Crippen molar-refractivity contribution < 1.29 is 9.59 Å². The van der Waals surface area contributed by atoms with Crippen LogP contribution in [-0.4, -0.2) is 18.4 Å². The van der Waals surface area contributed by atoms with Gasteiger partial charge in [-0.2, -0.15) is 0 Å². The van der Waals surface area contributed by atoms with E-state index in [1.54, 1.807) is 12.1 Å². The molecule has 2 N–H and O–H groups in total. The molecule has 2 amide bonds. The van der Waals surface area contributed by atoms with E-state index in [4.69, 9.17) is 0 Å². The van der Waals surface area contributed by atoms with Crippen molar-refractivity contribution in [3.63, 3.8) is 0 Å². The first-order chi connectivity index (χ1) is 15.7. The Morgan fingerprint density at radius 2 is 1.47 bits per heavy atom. The Morgan fingerprint density at radius 3 is 2.12 bits per heavy atom. The molecule has 0 aliphatic heterocycles. The van der Waals surface area contributed by atoms with E-state index in [9.17, 15) is 9.59 Å². The Labute approximate surface area is 188 Å². The summed E-state index contributed by atoms with van der Waals surface area (Å²) in [5.74, 6) is 1.19. The number of hydrogen-bond donors (Lipinski definition) is 2. The molecule has 2 bridgehead atoms. The largest absolute Gasteiger partial charge is 0.352 e. The molecule has 1 fully saturated rings. The zero-order valence-corrected chi connectivity index (χ0v) is 17.9. The maximum absolute atomic E-state index is 12.9. The Hall–Kier alpha value is -3.40. The van der Waals surface area contributed by atoms with Gasteiger partial charge in [0.05, 0.1) is 0 Å². The van der Waals surface area contributed by atoms with Crippen LogP contribution in [0.4, 0.5) is 5.69 Å². The standard InChI is InChI=1S/C28H26N2O2/c31-27(18-6-5-7-20(14-18)30-28(32)17-12-13-17)29-16-19-15-25-21-8-1-3-10-23(21)26(19)24-11-4-2-9-22(24)25/h1-11,14,17,19,25-26H,12-13,15-16H2,(H,29,31)(H,30,32). The van der Waals surface area contributed by atoms with Crippen molar-refractivity contribution in [3.8, 4) is 0 Å². The van der Waals surface area contributed by atoms with Crippen LogP contribution in [0.15, 0.2) is 72.8 Å². The average molecular weight is 423 g/mol. The number of carbonyl (C=O) groups is 2. The summed E-state index contributed by atoms with van der Waals surface area (Å²) in [5, 5.41) is 6.11. The van der Waals surface area contributed by atoms with Crippen LogP contribution in [0.2, 0.25) is 0 Å². The first kappa shape index (κ1) is 19.3. The van der Waals surface area contributed by atoms with Crippen molar-refractivity contribution in [2.75, 3.05) is 11.9 Å². The number of fused-ring (bicyclic) bond motifs is 1. The van der Waals surface area contributed by atoms with Crippen LogP contribution in [0.3, 0.4) is 0 Å². The molecule has 4 aliphatic carbocycles. The third kappa shape index (κ3) is 3.31. The molecule has 4 heteroatoms. The number of amides is 2. The molecular formula is C28H26N2O2. The SMILES string of the molecule is O=C(NCC1CC2c3ccccc3C1c1ccccc12)c1cccc(NC(=O)C2CC2)c1. The monoisotopic (exact) mass is 422 g/mol. The average Bonchev–Trinajstić information content (AvgIpc) is 3.69. The zero-order chi connectivity index (χ0) is 21.7. The van der Waals surface area contributed by atoms with Gasteiger partial charge in [-0.05, 0) is 65.6 Å². The summed E-state index contributed by atoms with van der Waals surface area (Å²) in [7, 11) is 0. The van der Waals surface area contributed by atoms with E-state index < -0.39 is 0 Å². The zero-order valence-electron chi connectivity index (χ0n) is 17.9. The van der Waals surface area contributed by atoms with Crippen molar-refractivity contribution in [2.24, 2.45) is 11.8 Å². The minimum absolute atomic E-state index is 0.0538. The maximum Gasteiger partial charge on any atom is 0.251 e. The molecule has 7 rings (SSSR count). The lowest BCUT2D eigenvalue weighted by atomic mass is 9.59. The molecule has 0 aromatic heterocycles. The van der Waals surface area contributed by atoms with Crippen LogP contribution in [0, 0.1) is 11.8 Å². The highest BCUT2D eigenvalue weighted by atomic mass is 16.2. The fourth-order valence-corrected chi connectivity index (χ4v) is 5.61. The molecule has 4 aliphatic rings. The van der Waals surface area contributed by atoms with Crippen molar-refractivity contribution in [3.05, 3.63) is 101 Å². The van der Waals surface area contributed by atoms with Crippen molar-refractivity contribution in [2.45, 2.75) is 31.1 Å². The maximum atomic E-state index is 12.9. The lowest BCUT2D eigenvalue weighted by molar-refractivity contribution is -0.117. The third-order valence-electron chi connectivity index (χ3n) is 7.29. The molecule has 1 saturated carbocycles. The molecular weight excluding hydrogens is 396 g/mol. The van der Waals surface area contributed by atoms with Crippen molar-refractivity contribution >= 4 is 17.5 Å². The number of hydrogen-bond acceptors (Lipinski definition) is 2. The van der Waals surface area contributed by atoms with Crippen LogP contribution < -0.4 is 10.6 Å². The Morgan fingerprint density at radius 1 is 0.812 bits per heavy atom. The van der Waals surface area contributed by atoms with E-state index in [1.165, 1.54) is 22.3 Å². The van der Waals surface area contributed by atoms with Gasteiger partial charge in [0, 0.05) is 35.5 Å². The molecule has 32 heavy (non-hydrogen) atoms. The van der Waals surface area contributed by atoms with Crippen molar-refractivity contribution in [1.29, 1.82) is 0 Å². The van der Waals surface area contributed by atoms with Crippen LogP contribution >= 0.6 is 0 Å². The number of carbonyl (C=O) groups excluding carboxylic acids is 2. The molecule has 3 aromatic carbocycles. The summed E-state index contributed by atoms with van der Waals surface area (Å²) in [4.78, 5) is 25.0. The Kier molecular flexibility index (Phi) is 4.60. The molecule has 4 nitrogen and oxygen atoms in total. The van der Waals surface area contributed by atoms with Crippen LogP contribution in [-0.2, 0) is 4.79 Å². The fraction of sp³-hybridized carbons (Fsp3) is 0.286. The second kappa shape index (κ2) is 7.63. The highest BCUT2D eigenvalue weighted by Crippen LogP contribution is 2.55. The van der Waals surface area contributed by atoms with Crippen molar-refractivity contribution in [1.82, 2.24) is 5.32 Å². The quantitative estimate of drug-likeness (QED) is 0.604. The van der Waals surface area contributed by atoms with Gasteiger partial charge in [-0.3, -0.25) is 9.59 Å². The molecule has 0 radical (unpaired) electrons. The predicted octanol–water partition coefficient (Wildman–Crippen LogP) is 5.06. The first-order valence-corrected chi connectivity index (χ1v) is 11.6. The summed E-state index contributed by atoms with van der Waals surface area (Å²) in [6.45, 7) is 0.640. The molecule has 1 unspecified atom stereocenters. The van der Waals surface area contributed by atoms with Gasteiger partial charge in [0.15, 0.2) is 0 Å². The predicted molar refractivity (Wildman–Crippen MR) is 125 cm³/mol. The van der Waals surface area contributed by atoms with E-state index in [2.05, 4.69) is 59.2 Å². The topological polar surface area (TPSA) is 58.2 Å². The van der Waals surface area contributed by atoms with Gasteiger partial charge in [0.2, 0.25) is 5.91 Å². The smallest absolute Gasteiger partial charge is 0.251 e. The highest BCUT2D eigenvalue weighted by Gasteiger charge is 2.42. The Bertz CT molecular complexity index is 1170. The normalized spacial score (nSPS) is 22.6. The molecule has 0 saturated heterocycles.